The van der Waals surface area contributed by atoms with E-state index in [1.807, 2.05) is 0 Å². The molecule has 2 heteroatoms. The topological polar surface area (TPSA) is 8.17 Å². The lowest BCUT2D eigenvalue weighted by molar-refractivity contribution is 0.652. The van der Waals surface area contributed by atoms with Gasteiger partial charge < -0.3 is 9.47 Å². The van der Waals surface area contributed by atoms with Gasteiger partial charge in [-0.1, -0.05) is 173 Å². The molecule has 0 saturated carbocycles. The van der Waals surface area contributed by atoms with Gasteiger partial charge in [0.05, 0.1) is 16.7 Å². The number of hydrogen-bond acceptors (Lipinski definition) is 1. The number of nitrogens with zero attached hydrogens (tertiary/aromatic N) is 2. The molecule has 2 aliphatic carbocycles. The van der Waals surface area contributed by atoms with E-state index in [0.29, 0.717) is 0 Å². The molecule has 0 radical (unpaired) electrons. The van der Waals surface area contributed by atoms with Gasteiger partial charge >= 0.3 is 0 Å². The van der Waals surface area contributed by atoms with Crippen LogP contribution in [0.2, 0.25) is 0 Å². The number of anilines is 3. The van der Waals surface area contributed by atoms with Gasteiger partial charge in [-0.2, -0.15) is 0 Å². The van der Waals surface area contributed by atoms with Crippen LogP contribution in [0, 0.1) is 0 Å². The summed E-state index contributed by atoms with van der Waals surface area (Å²) < 4.78 is 2.42. The molecule has 12 rings (SSSR count). The van der Waals surface area contributed by atoms with Gasteiger partial charge in [0, 0.05) is 44.2 Å². The molecule has 0 bridgehead atoms. The Bertz CT molecular complexity index is 3390. The van der Waals surface area contributed by atoms with Crippen LogP contribution < -0.4 is 4.90 Å². The summed E-state index contributed by atoms with van der Waals surface area (Å²) in [6, 6.07) is 76.3. The molecule has 10 aromatic rings. The van der Waals surface area contributed by atoms with Crippen molar-refractivity contribution in [3.05, 3.63) is 229 Å². The summed E-state index contributed by atoms with van der Waals surface area (Å²) in [5.74, 6) is 0. The van der Waals surface area contributed by atoms with Crippen molar-refractivity contribution in [1.29, 1.82) is 0 Å². The summed E-state index contributed by atoms with van der Waals surface area (Å²) in [4.78, 5) is 2.49. The largest absolute Gasteiger partial charge is 0.310 e. The second-order valence-electron chi connectivity index (χ2n) is 18.1. The van der Waals surface area contributed by atoms with Crippen LogP contribution in [-0.4, -0.2) is 4.57 Å². The number of para-hydroxylation sites is 3. The van der Waals surface area contributed by atoms with Crippen molar-refractivity contribution in [2.24, 2.45) is 0 Å². The first-order chi connectivity index (χ1) is 30.3. The van der Waals surface area contributed by atoms with E-state index in [1.54, 1.807) is 0 Å². The van der Waals surface area contributed by atoms with Crippen molar-refractivity contribution in [2.75, 3.05) is 4.90 Å². The number of hydrogen-bond donors (Lipinski definition) is 0. The van der Waals surface area contributed by atoms with E-state index in [0.717, 1.165) is 22.7 Å². The number of aromatic nitrogens is 1. The van der Waals surface area contributed by atoms with Crippen LogP contribution in [0.4, 0.5) is 17.1 Å². The third-order valence-electron chi connectivity index (χ3n) is 14.0. The van der Waals surface area contributed by atoms with Crippen LogP contribution in [0.3, 0.4) is 0 Å². The van der Waals surface area contributed by atoms with E-state index < -0.39 is 0 Å². The van der Waals surface area contributed by atoms with E-state index in [9.17, 15) is 0 Å². The number of fused-ring (bicyclic) bond motifs is 9. The molecule has 9 aromatic carbocycles. The lowest BCUT2D eigenvalue weighted by atomic mass is 9.79. The fourth-order valence-corrected chi connectivity index (χ4v) is 10.9. The van der Waals surface area contributed by atoms with Gasteiger partial charge in [0.1, 0.15) is 0 Å². The molecule has 1 heterocycles. The molecule has 0 atom stereocenters. The van der Waals surface area contributed by atoms with Gasteiger partial charge in [-0.3, -0.25) is 0 Å². The molecule has 0 unspecified atom stereocenters. The van der Waals surface area contributed by atoms with E-state index in [2.05, 4.69) is 243 Å². The van der Waals surface area contributed by atoms with Crippen LogP contribution >= 0.6 is 0 Å². The first-order valence-corrected chi connectivity index (χ1v) is 21.9. The van der Waals surface area contributed by atoms with Gasteiger partial charge in [0.2, 0.25) is 0 Å². The first-order valence-electron chi connectivity index (χ1n) is 21.9. The number of benzene rings is 9. The summed E-state index contributed by atoms with van der Waals surface area (Å²) in [6.45, 7) is 9.65. The van der Waals surface area contributed by atoms with Gasteiger partial charge in [-0.05, 0) is 122 Å². The third kappa shape index (κ3) is 5.29. The Balaban J connectivity index is 1.06. The molecule has 2 aliphatic rings. The SMILES string of the molecule is CC1(C)c2cc(N(c3ccc4c5ccccc5n(-c5ccccc5)c4c3)c3ccccc3-c3ccccc3)ccc2-c2cc3c(cc21)-c1c(-c2ccccc2)cccc1C3(C)C. The average Bonchev–Trinajstić information content (AvgIpc) is 3.85. The third-order valence-corrected chi connectivity index (χ3v) is 14.0. The zero-order valence-corrected chi connectivity index (χ0v) is 35.5. The molecule has 2 nitrogen and oxygen atoms in total. The highest BCUT2D eigenvalue weighted by Crippen LogP contribution is 2.58. The minimum atomic E-state index is -0.238. The Morgan fingerprint density at radius 2 is 0.903 bits per heavy atom. The maximum Gasteiger partial charge on any atom is 0.0561 e. The second kappa shape index (κ2) is 13.5. The van der Waals surface area contributed by atoms with Crippen LogP contribution in [0.5, 0.6) is 0 Å². The van der Waals surface area contributed by atoms with Crippen molar-refractivity contribution in [1.82, 2.24) is 4.57 Å². The summed E-state index contributed by atoms with van der Waals surface area (Å²) in [7, 11) is 0. The second-order valence-corrected chi connectivity index (χ2v) is 18.1. The Morgan fingerprint density at radius 3 is 1.68 bits per heavy atom. The fraction of sp³-hybridized carbons (Fsp3) is 0.100. The Hall–Kier alpha value is -7.42. The van der Waals surface area contributed by atoms with Gasteiger partial charge in [0.25, 0.3) is 0 Å². The highest BCUT2D eigenvalue weighted by atomic mass is 15.1. The molecular formula is C60H46N2. The van der Waals surface area contributed by atoms with Gasteiger partial charge in [0.15, 0.2) is 0 Å². The van der Waals surface area contributed by atoms with Gasteiger partial charge in [-0.25, -0.2) is 0 Å². The standard InChI is InChI=1S/C60H46N2/c1-59(2)51-28-18-27-45(40-21-10-6-11-22-40)58(51)50-38-53-49(37-54(50)59)46-33-31-42(35-52(46)60(53,3)4)61(55-29-16-14-25-44(55)39-19-8-5-9-20-39)43-32-34-48-47-26-15-17-30-56(47)62(57(48)36-43)41-23-12-7-13-24-41/h5-38H,1-4H3. The Kier molecular flexibility index (Phi) is 7.96. The number of rotatable bonds is 6. The Morgan fingerprint density at radius 1 is 0.355 bits per heavy atom. The zero-order valence-electron chi connectivity index (χ0n) is 35.5. The maximum atomic E-state index is 2.54. The summed E-state index contributed by atoms with van der Waals surface area (Å²) >= 11 is 0. The zero-order chi connectivity index (χ0) is 41.7. The molecule has 296 valence electrons. The summed E-state index contributed by atoms with van der Waals surface area (Å²) in [6.07, 6.45) is 0. The molecule has 62 heavy (non-hydrogen) atoms. The highest BCUT2D eigenvalue weighted by molar-refractivity contribution is 6.10. The molecule has 1 aromatic heterocycles. The van der Waals surface area contributed by atoms with E-state index in [1.165, 1.54) is 88.6 Å². The first kappa shape index (κ1) is 36.4. The van der Waals surface area contributed by atoms with Gasteiger partial charge in [-0.15, -0.1) is 0 Å². The lowest BCUT2D eigenvalue weighted by Crippen LogP contribution is -2.17. The van der Waals surface area contributed by atoms with Crippen molar-refractivity contribution in [3.63, 3.8) is 0 Å². The normalized spacial score (nSPS) is 14.1. The van der Waals surface area contributed by atoms with Crippen LogP contribution in [-0.2, 0) is 10.8 Å². The predicted octanol–water partition coefficient (Wildman–Crippen LogP) is 16.2. The minimum absolute atomic E-state index is 0.129. The fourth-order valence-electron chi connectivity index (χ4n) is 10.9. The van der Waals surface area contributed by atoms with Crippen molar-refractivity contribution in [3.8, 4) is 50.2 Å². The van der Waals surface area contributed by atoms with E-state index in [4.69, 9.17) is 0 Å². The van der Waals surface area contributed by atoms with Crippen LogP contribution in [0.1, 0.15) is 49.9 Å². The van der Waals surface area contributed by atoms with Crippen molar-refractivity contribution in [2.45, 2.75) is 38.5 Å². The minimum Gasteiger partial charge on any atom is -0.310 e. The molecular weight excluding hydrogens is 749 g/mol. The quantitative estimate of drug-likeness (QED) is 0.163. The molecule has 0 amide bonds. The predicted molar refractivity (Wildman–Crippen MR) is 261 cm³/mol. The van der Waals surface area contributed by atoms with E-state index in [-0.39, 0.29) is 10.8 Å². The molecule has 0 fully saturated rings. The molecule has 0 N–H and O–H groups in total. The highest BCUT2D eigenvalue weighted by Gasteiger charge is 2.42. The van der Waals surface area contributed by atoms with Crippen LogP contribution in [0.25, 0.3) is 72.0 Å². The Labute approximate surface area is 364 Å². The molecule has 0 saturated heterocycles. The van der Waals surface area contributed by atoms with E-state index >= 15 is 0 Å². The summed E-state index contributed by atoms with van der Waals surface area (Å²) in [5.41, 5.74) is 22.5. The monoisotopic (exact) mass is 794 g/mol. The smallest absolute Gasteiger partial charge is 0.0561 e. The summed E-state index contributed by atoms with van der Waals surface area (Å²) in [5, 5.41) is 2.49. The average molecular weight is 795 g/mol. The lowest BCUT2D eigenvalue weighted by Gasteiger charge is -2.30. The maximum absolute atomic E-state index is 2.54. The van der Waals surface area contributed by atoms with Crippen LogP contribution in [0.15, 0.2) is 206 Å². The molecule has 0 spiro atoms. The van der Waals surface area contributed by atoms with Crippen molar-refractivity contribution < 1.29 is 0 Å². The van der Waals surface area contributed by atoms with Crippen molar-refractivity contribution >= 4 is 38.9 Å². The molecule has 0 aliphatic heterocycles.